The summed E-state index contributed by atoms with van der Waals surface area (Å²) >= 11 is 1.74. The van der Waals surface area contributed by atoms with Crippen LogP contribution in [0.3, 0.4) is 0 Å². The van der Waals surface area contributed by atoms with Crippen LogP contribution < -0.4 is 15.4 Å². The number of methoxy groups -OCH3 is 2. The molecule has 0 aliphatic carbocycles. The largest absolute Gasteiger partial charge is 0.464 e. The number of hydrogen-bond acceptors (Lipinski definition) is 12. The van der Waals surface area contributed by atoms with Crippen molar-refractivity contribution in [3.63, 3.8) is 0 Å². The summed E-state index contributed by atoms with van der Waals surface area (Å²) in [5.74, 6) is 0.542. The fourth-order valence-corrected chi connectivity index (χ4v) is 13.5. The molecule has 0 saturated carbocycles. The number of nitrogens with zero attached hydrogens (tertiary/aromatic N) is 5. The molecule has 0 radical (unpaired) electrons. The molecule has 5 aromatic rings. The number of alkyl carbamates (subject to hydrolysis) is 2. The molecule has 7 aliphatic heterocycles. The van der Waals surface area contributed by atoms with E-state index in [4.69, 9.17) is 33.7 Å². The van der Waals surface area contributed by atoms with Crippen LogP contribution in [0.1, 0.15) is 86.4 Å². The Bertz CT molecular complexity index is 3130. The van der Waals surface area contributed by atoms with Gasteiger partial charge in [-0.15, -0.1) is 11.3 Å². The zero-order valence-electron chi connectivity index (χ0n) is 41.8. The van der Waals surface area contributed by atoms with E-state index in [-0.39, 0.29) is 35.7 Å². The monoisotopic (exact) mass is 1020 g/mol. The lowest BCUT2D eigenvalue weighted by Gasteiger charge is -2.34. The summed E-state index contributed by atoms with van der Waals surface area (Å²) in [5, 5.41) is 7.98. The first-order valence-electron chi connectivity index (χ1n) is 26.1. The van der Waals surface area contributed by atoms with Gasteiger partial charge in [-0.3, -0.25) is 24.1 Å². The fraction of sp³-hybridized carbons (Fsp3) is 0.439. The second-order valence-electron chi connectivity index (χ2n) is 20.5. The van der Waals surface area contributed by atoms with Gasteiger partial charge in [-0.2, -0.15) is 0 Å². The number of carbonyl (C=O) groups excluding carboxylic acids is 4. The number of carbonyl (C=O) groups is 4. The first kappa shape index (κ1) is 48.1. The number of thiophene rings is 1. The van der Waals surface area contributed by atoms with E-state index in [0.717, 1.165) is 92.2 Å². The minimum atomic E-state index is -0.690. The van der Waals surface area contributed by atoms with Gasteiger partial charge in [0.1, 0.15) is 17.8 Å². The second-order valence-corrected chi connectivity index (χ2v) is 21.6. The van der Waals surface area contributed by atoms with Crippen molar-refractivity contribution in [1.29, 1.82) is 0 Å². The first-order valence-corrected chi connectivity index (χ1v) is 27.0. The molecule has 17 heteroatoms. The van der Waals surface area contributed by atoms with Crippen molar-refractivity contribution in [1.82, 2.24) is 25.0 Å². The van der Waals surface area contributed by atoms with Gasteiger partial charge in [0, 0.05) is 91.8 Å². The summed E-state index contributed by atoms with van der Waals surface area (Å²) in [6, 6.07) is 24.3. The molecule has 4 saturated heterocycles. The van der Waals surface area contributed by atoms with Crippen LogP contribution in [-0.4, -0.2) is 128 Å². The molecule has 384 valence electrons. The Hall–Kier alpha value is -6.82. The average Bonchev–Trinajstić information content (AvgIpc) is 4.32. The summed E-state index contributed by atoms with van der Waals surface area (Å²) in [7, 11) is 2.65. The molecular formula is C57H61N7O9S. The second kappa shape index (κ2) is 20.5. The van der Waals surface area contributed by atoms with Gasteiger partial charge in [0.25, 0.3) is 0 Å². The maximum Gasteiger partial charge on any atom is 0.407 e. The standard InChI is InChI=1S/C57H61N7O9S/c1-69-56(67)60-51(33-15-21-71-22-16-33)53(65)62-19-5-8-45(62)42-26-39(31-58-42)35-12-14-44-38(25-35)28-47-41-13-11-36(29-48(41)73-55(64(44)47)50-30-37-7-3-4-10-49(37)74-50)40-27-43(59-32-40)46-9-6-20-63(46)54(66)52(61-57(68)70-2)34-17-23-72-24-18-34/h3-4,7,10-14,25,28-34,45-46,51-52,55H,5-6,8-9,15-24,26-27H2,1-2H3,(H,60,67)(H,61,68)/t45-,46-,51-,52-,55?/m0/s1. The van der Waals surface area contributed by atoms with Crippen molar-refractivity contribution in [2.24, 2.45) is 21.8 Å². The van der Waals surface area contributed by atoms with Crippen LogP contribution in [0.4, 0.5) is 9.59 Å². The highest BCUT2D eigenvalue weighted by Crippen LogP contribution is 2.48. The molecule has 3 aromatic carbocycles. The minimum Gasteiger partial charge on any atom is -0.464 e. The van der Waals surface area contributed by atoms with Crippen LogP contribution in [0.5, 0.6) is 5.75 Å². The van der Waals surface area contributed by atoms with Crippen LogP contribution in [0.2, 0.25) is 0 Å². The third-order valence-electron chi connectivity index (χ3n) is 16.3. The van der Waals surface area contributed by atoms with Gasteiger partial charge >= 0.3 is 12.2 Å². The Morgan fingerprint density at radius 1 is 0.662 bits per heavy atom. The van der Waals surface area contributed by atoms with Crippen molar-refractivity contribution >= 4 is 78.9 Å². The van der Waals surface area contributed by atoms with Gasteiger partial charge in [0.05, 0.1) is 42.4 Å². The van der Waals surface area contributed by atoms with E-state index in [2.05, 4.69) is 88.0 Å². The first-order chi connectivity index (χ1) is 36.2. The number of nitrogens with one attached hydrogen (secondary N) is 2. The maximum atomic E-state index is 14.3. The van der Waals surface area contributed by atoms with Crippen LogP contribution in [0.25, 0.3) is 43.4 Å². The van der Waals surface area contributed by atoms with Gasteiger partial charge in [-0.05, 0) is 133 Å². The zero-order chi connectivity index (χ0) is 50.5. The highest BCUT2D eigenvalue weighted by atomic mass is 32.1. The molecule has 0 bridgehead atoms. The van der Waals surface area contributed by atoms with Crippen LogP contribution >= 0.6 is 11.3 Å². The lowest BCUT2D eigenvalue weighted by molar-refractivity contribution is -0.136. The number of rotatable bonds is 11. The number of aromatic nitrogens is 1. The Kier molecular flexibility index (Phi) is 13.3. The molecule has 9 heterocycles. The van der Waals surface area contributed by atoms with E-state index in [1.165, 1.54) is 24.3 Å². The van der Waals surface area contributed by atoms with Gasteiger partial charge in [-0.25, -0.2) is 9.59 Å². The minimum absolute atomic E-state index is 0.0316. The number of aliphatic imine (C=N–C) groups is 2. The summed E-state index contributed by atoms with van der Waals surface area (Å²) in [6.45, 7) is 3.44. The van der Waals surface area contributed by atoms with E-state index in [9.17, 15) is 19.2 Å². The van der Waals surface area contributed by atoms with Crippen LogP contribution in [0.15, 0.2) is 95.2 Å². The van der Waals surface area contributed by atoms with Gasteiger partial charge in [0.15, 0.2) is 0 Å². The van der Waals surface area contributed by atoms with E-state index >= 15 is 0 Å². The number of amides is 4. The van der Waals surface area contributed by atoms with E-state index in [1.807, 2.05) is 22.2 Å². The zero-order valence-corrected chi connectivity index (χ0v) is 42.6. The number of likely N-dealkylation sites (tertiary alicyclic amines) is 2. The summed E-state index contributed by atoms with van der Waals surface area (Å²) in [5.41, 5.74) is 9.25. The third-order valence-corrected chi connectivity index (χ3v) is 17.4. The number of allylic oxidation sites excluding steroid dienone is 2. The molecule has 5 atom stereocenters. The third kappa shape index (κ3) is 9.06. The normalized spacial score (nSPS) is 22.8. The molecule has 1 unspecified atom stereocenters. The number of ether oxygens (including phenoxy) is 5. The highest BCUT2D eigenvalue weighted by Gasteiger charge is 2.43. The predicted octanol–water partition coefficient (Wildman–Crippen LogP) is 9.12. The molecule has 4 fully saturated rings. The molecule has 0 spiro atoms. The highest BCUT2D eigenvalue weighted by molar-refractivity contribution is 7.19. The van der Waals surface area contributed by atoms with Crippen molar-refractivity contribution < 1.29 is 42.9 Å². The smallest absolute Gasteiger partial charge is 0.407 e. The summed E-state index contributed by atoms with van der Waals surface area (Å²) < 4.78 is 31.7. The van der Waals surface area contributed by atoms with Gasteiger partial charge in [-0.1, -0.05) is 30.3 Å². The number of hydrogen-bond donors (Lipinski definition) is 2. The Labute approximate surface area is 433 Å². The molecular weight excluding hydrogens is 959 g/mol. The van der Waals surface area contributed by atoms with E-state index in [0.29, 0.717) is 78.0 Å². The van der Waals surface area contributed by atoms with E-state index in [1.54, 1.807) is 11.3 Å². The van der Waals surface area contributed by atoms with Crippen LogP contribution in [-0.2, 0) is 28.5 Å². The molecule has 2 N–H and O–H groups in total. The lowest BCUT2D eigenvalue weighted by atomic mass is 9.90. The van der Waals surface area contributed by atoms with Crippen molar-refractivity contribution in [2.75, 3.05) is 53.7 Å². The van der Waals surface area contributed by atoms with Crippen LogP contribution in [0, 0.1) is 11.8 Å². The van der Waals surface area contributed by atoms with Gasteiger partial charge in [0.2, 0.25) is 18.0 Å². The molecule has 7 aliphatic rings. The van der Waals surface area contributed by atoms with Gasteiger partial charge < -0.3 is 44.1 Å². The summed E-state index contributed by atoms with van der Waals surface area (Å²) in [4.78, 5) is 68.4. The number of benzene rings is 3. The Balaban J connectivity index is 0.795. The molecule has 16 nitrogen and oxygen atoms in total. The van der Waals surface area contributed by atoms with E-state index < -0.39 is 30.5 Å². The molecule has 4 amide bonds. The lowest BCUT2D eigenvalue weighted by Crippen LogP contribution is -2.55. The Morgan fingerprint density at radius 2 is 1.23 bits per heavy atom. The van der Waals surface area contributed by atoms with Crippen molar-refractivity contribution in [3.8, 4) is 17.0 Å². The predicted molar refractivity (Wildman–Crippen MR) is 283 cm³/mol. The molecule has 12 rings (SSSR count). The maximum absolute atomic E-state index is 14.3. The molecule has 74 heavy (non-hydrogen) atoms. The number of fused-ring (bicyclic) bond motifs is 6. The fourth-order valence-electron chi connectivity index (χ4n) is 12.4. The quantitative estimate of drug-likeness (QED) is 0.131. The SMILES string of the molecule is COC(=O)N[C@H](C(=O)N1CCC[C@H]1C1=NC=C(c2ccc3c(c2)OC(c2cc4ccccc4s2)n2c-3cc3cc(C4=CN=C([C@@H]5CCCN5C(=O)[C@@H](NC(=O)OC)C5CCOCC5)C4)ccc32)C1)C1CCOCC1. The average molecular weight is 1020 g/mol. The summed E-state index contributed by atoms with van der Waals surface area (Å²) in [6.07, 6.45) is 9.59. The molecule has 2 aromatic heterocycles. The van der Waals surface area contributed by atoms with Crippen molar-refractivity contribution in [3.05, 3.63) is 101 Å². The topological polar surface area (TPSA) is 175 Å². The Morgan fingerprint density at radius 3 is 1.81 bits per heavy atom. The van der Waals surface area contributed by atoms with Crippen molar-refractivity contribution in [2.45, 2.75) is 94.6 Å².